The maximum Gasteiger partial charge on any atom is 0.442 e. The second kappa shape index (κ2) is 7.70. The van der Waals surface area contributed by atoms with Gasteiger partial charge in [-0.2, -0.15) is 13.2 Å². The lowest BCUT2D eigenvalue weighted by atomic mass is 9.71. The minimum atomic E-state index is -4.67. The van der Waals surface area contributed by atoms with Crippen LogP contribution in [0.3, 0.4) is 0 Å². The Morgan fingerprint density at radius 3 is 2.62 bits per heavy atom. The Morgan fingerprint density at radius 1 is 1.38 bits per heavy atom. The molecular weight excluding hydrogens is 377 g/mol. The molecule has 6 heteroatoms. The molecule has 0 saturated heterocycles. The fraction of sp³-hybridized carbons (Fsp3) is 0.478. The molecule has 0 aromatic heterocycles. The molecule has 0 saturated carbocycles. The third-order valence-corrected chi connectivity index (χ3v) is 5.79. The van der Waals surface area contributed by atoms with Gasteiger partial charge in [0.1, 0.15) is 5.75 Å². The van der Waals surface area contributed by atoms with Gasteiger partial charge in [-0.3, -0.25) is 0 Å². The minimum absolute atomic E-state index is 0.0559. The van der Waals surface area contributed by atoms with E-state index < -0.39 is 17.8 Å². The summed E-state index contributed by atoms with van der Waals surface area (Å²) in [5, 5.41) is 17.7. The summed E-state index contributed by atoms with van der Waals surface area (Å²) in [6.45, 7) is 7.87. The monoisotopic (exact) mass is 402 g/mol. The molecule has 0 radical (unpaired) electrons. The Hall–Kier alpha value is -2.55. The van der Waals surface area contributed by atoms with Crippen molar-refractivity contribution in [3.8, 4) is 18.1 Å². The van der Waals surface area contributed by atoms with E-state index in [0.717, 1.165) is 24.0 Å². The van der Waals surface area contributed by atoms with Gasteiger partial charge < -0.3 is 5.11 Å². The van der Waals surface area contributed by atoms with Crippen molar-refractivity contribution in [1.82, 2.24) is 0 Å². The van der Waals surface area contributed by atoms with Crippen LogP contribution in [0.4, 0.5) is 13.2 Å². The highest BCUT2D eigenvalue weighted by atomic mass is 19.4. The van der Waals surface area contributed by atoms with E-state index in [4.69, 9.17) is 6.42 Å². The Bertz CT molecular complexity index is 915. The van der Waals surface area contributed by atoms with Crippen LogP contribution in [0.1, 0.15) is 62.1 Å². The summed E-state index contributed by atoms with van der Waals surface area (Å²) in [4.78, 5) is 0. The highest BCUT2D eigenvalue weighted by Crippen LogP contribution is 2.57. The Morgan fingerprint density at radius 2 is 2.07 bits per heavy atom. The standard InChI is InChI=1S/C23H25F3N2O/c1-5-6-7-8-16-12-19(22(27-28-22)23(24,25)26)21(20(29)13-16)18-11-15(4)9-10-17(18)14(2)3/h1,11-13,17-18,29H,2,6-10H2,3-4H3/t17-,18+/m0/s1. The number of allylic oxidation sites excluding steroid dienone is 3. The lowest BCUT2D eigenvalue weighted by Crippen LogP contribution is -2.32. The minimum Gasteiger partial charge on any atom is -0.508 e. The molecule has 1 aliphatic carbocycles. The predicted octanol–water partition coefficient (Wildman–Crippen LogP) is 6.55. The van der Waals surface area contributed by atoms with Gasteiger partial charge in [-0.15, -0.1) is 22.6 Å². The molecule has 0 fully saturated rings. The van der Waals surface area contributed by atoms with Crippen LogP contribution in [0.15, 0.2) is 46.2 Å². The van der Waals surface area contributed by atoms with Crippen molar-refractivity contribution >= 4 is 0 Å². The van der Waals surface area contributed by atoms with Crippen LogP contribution in [0, 0.1) is 18.3 Å². The van der Waals surface area contributed by atoms with Crippen molar-refractivity contribution in [2.45, 2.75) is 63.7 Å². The fourth-order valence-corrected chi connectivity index (χ4v) is 4.20. The first kappa shape index (κ1) is 21.2. The molecule has 3 nitrogen and oxygen atoms in total. The van der Waals surface area contributed by atoms with Crippen LogP contribution in [-0.2, 0) is 12.1 Å². The molecule has 2 atom stereocenters. The maximum atomic E-state index is 13.9. The van der Waals surface area contributed by atoms with Crippen molar-refractivity contribution in [3.63, 3.8) is 0 Å². The molecular formula is C23H25F3N2O. The van der Waals surface area contributed by atoms with Gasteiger partial charge in [0.25, 0.3) is 0 Å². The quantitative estimate of drug-likeness (QED) is 0.327. The van der Waals surface area contributed by atoms with Crippen LogP contribution in [0.5, 0.6) is 5.75 Å². The molecule has 1 aliphatic heterocycles. The summed E-state index contributed by atoms with van der Waals surface area (Å²) >= 11 is 0. The smallest absolute Gasteiger partial charge is 0.442 e. The largest absolute Gasteiger partial charge is 0.508 e. The lowest BCUT2D eigenvalue weighted by Gasteiger charge is -2.33. The molecule has 1 aromatic carbocycles. The molecule has 154 valence electrons. The third kappa shape index (κ3) is 3.96. The first-order valence-corrected chi connectivity index (χ1v) is 9.74. The molecule has 1 heterocycles. The van der Waals surface area contributed by atoms with E-state index in [0.29, 0.717) is 24.8 Å². The van der Waals surface area contributed by atoms with E-state index in [-0.39, 0.29) is 22.8 Å². The van der Waals surface area contributed by atoms with E-state index in [2.05, 4.69) is 22.7 Å². The van der Waals surface area contributed by atoms with Crippen molar-refractivity contribution in [1.29, 1.82) is 0 Å². The number of nitrogens with zero attached hydrogens (tertiary/aromatic N) is 2. The number of terminal acetylenes is 1. The number of phenols is 1. The number of aryl methyl sites for hydroxylation is 1. The van der Waals surface area contributed by atoms with Crippen molar-refractivity contribution in [2.75, 3.05) is 0 Å². The molecule has 1 N–H and O–H groups in total. The summed E-state index contributed by atoms with van der Waals surface area (Å²) in [5.74, 6) is 1.91. The van der Waals surface area contributed by atoms with Crippen molar-refractivity contribution < 1.29 is 18.3 Å². The summed E-state index contributed by atoms with van der Waals surface area (Å²) < 4.78 is 41.7. The first-order valence-electron chi connectivity index (χ1n) is 9.74. The van der Waals surface area contributed by atoms with Gasteiger partial charge in [-0.25, -0.2) is 0 Å². The van der Waals surface area contributed by atoms with Crippen LogP contribution in [0.25, 0.3) is 0 Å². The fourth-order valence-electron chi connectivity index (χ4n) is 4.20. The number of halogens is 3. The number of benzene rings is 1. The third-order valence-electron chi connectivity index (χ3n) is 5.79. The van der Waals surface area contributed by atoms with Gasteiger partial charge in [0.15, 0.2) is 0 Å². The summed E-state index contributed by atoms with van der Waals surface area (Å²) in [7, 11) is 0. The maximum absolute atomic E-state index is 13.9. The predicted molar refractivity (Wildman–Crippen MR) is 107 cm³/mol. The van der Waals surface area contributed by atoms with E-state index in [1.54, 1.807) is 6.07 Å². The van der Waals surface area contributed by atoms with Gasteiger partial charge in [-0.05, 0) is 57.1 Å². The summed E-state index contributed by atoms with van der Waals surface area (Å²) in [6.07, 6.45) is 5.80. The number of phenolic OH excluding ortho intramolecular Hbond substituents is 1. The Kier molecular flexibility index (Phi) is 5.62. The molecule has 0 bridgehead atoms. The van der Waals surface area contributed by atoms with E-state index in [9.17, 15) is 18.3 Å². The normalized spacial score (nSPS) is 22.7. The molecule has 0 spiro atoms. The Balaban J connectivity index is 2.17. The average molecular weight is 402 g/mol. The molecule has 0 unspecified atom stereocenters. The summed E-state index contributed by atoms with van der Waals surface area (Å²) in [5.41, 5.74) is 0.138. The molecule has 29 heavy (non-hydrogen) atoms. The van der Waals surface area contributed by atoms with Crippen molar-refractivity contribution in [2.24, 2.45) is 16.1 Å². The number of hydrogen-bond donors (Lipinski definition) is 1. The van der Waals surface area contributed by atoms with E-state index in [1.165, 1.54) is 6.07 Å². The van der Waals surface area contributed by atoms with Crippen LogP contribution < -0.4 is 0 Å². The zero-order chi connectivity index (χ0) is 21.4. The van der Waals surface area contributed by atoms with Gasteiger partial charge >= 0.3 is 11.8 Å². The zero-order valence-corrected chi connectivity index (χ0v) is 16.7. The zero-order valence-electron chi connectivity index (χ0n) is 16.7. The van der Waals surface area contributed by atoms with Gasteiger partial charge in [0.05, 0.1) is 0 Å². The molecule has 3 rings (SSSR count). The van der Waals surface area contributed by atoms with Gasteiger partial charge in [0, 0.05) is 23.5 Å². The summed E-state index contributed by atoms with van der Waals surface area (Å²) in [6, 6.07) is 3.04. The molecule has 2 aliphatic rings. The average Bonchev–Trinajstić information content (AvgIpc) is 3.43. The number of hydrogen-bond acceptors (Lipinski definition) is 3. The second-order valence-corrected chi connectivity index (χ2v) is 8.03. The lowest BCUT2D eigenvalue weighted by molar-refractivity contribution is -0.166. The number of aromatic hydroxyl groups is 1. The number of unbranched alkanes of at least 4 members (excludes halogenated alkanes) is 1. The second-order valence-electron chi connectivity index (χ2n) is 8.03. The van der Waals surface area contributed by atoms with Crippen molar-refractivity contribution in [3.05, 3.63) is 52.6 Å². The Labute approximate surface area is 169 Å². The van der Waals surface area contributed by atoms with Gasteiger partial charge in [0.2, 0.25) is 0 Å². The number of alkyl halides is 3. The first-order chi connectivity index (χ1) is 13.6. The van der Waals surface area contributed by atoms with E-state index >= 15 is 0 Å². The highest BCUT2D eigenvalue weighted by molar-refractivity contribution is 5.53. The van der Waals surface area contributed by atoms with Crippen LogP contribution >= 0.6 is 0 Å². The molecule has 0 amide bonds. The van der Waals surface area contributed by atoms with E-state index in [1.807, 2.05) is 19.9 Å². The van der Waals surface area contributed by atoms with Crippen LogP contribution in [-0.4, -0.2) is 11.3 Å². The van der Waals surface area contributed by atoms with Gasteiger partial charge in [-0.1, -0.05) is 29.9 Å². The highest BCUT2D eigenvalue weighted by Gasteiger charge is 2.66. The van der Waals surface area contributed by atoms with Crippen LogP contribution in [0.2, 0.25) is 0 Å². The topological polar surface area (TPSA) is 45.0 Å². The number of rotatable bonds is 6. The molecule has 1 aromatic rings. The SMILES string of the molecule is C#CCCCc1cc(O)c([C@@H]2C=C(C)CC[C@H]2C(=C)C)c(C2(C(F)(F)F)N=N2)c1.